The number of amides is 1. The monoisotopic (exact) mass is 315 g/mol. The molecule has 2 aromatic rings. The van der Waals surface area contributed by atoms with Crippen molar-refractivity contribution in [2.24, 2.45) is 0 Å². The Bertz CT molecular complexity index is 666. The zero-order valence-corrected chi connectivity index (χ0v) is 12.6. The number of benzene rings is 2. The van der Waals surface area contributed by atoms with Gasteiger partial charge >= 0.3 is 0 Å². The number of hydrogen-bond acceptors (Lipinski definition) is 3. The van der Waals surface area contributed by atoms with Gasteiger partial charge in [0, 0.05) is 12.2 Å². The minimum Gasteiger partial charge on any atom is -0.489 e. The van der Waals surface area contributed by atoms with Gasteiger partial charge in [0.25, 0.3) is 5.91 Å². The van der Waals surface area contributed by atoms with E-state index in [2.05, 4.69) is 5.32 Å². The second-order valence-corrected chi connectivity index (χ2v) is 5.40. The minimum atomic E-state index is -0.373. The van der Waals surface area contributed by atoms with Crippen LogP contribution in [0.3, 0.4) is 0 Å². The van der Waals surface area contributed by atoms with E-state index in [1.54, 1.807) is 12.1 Å². The van der Waals surface area contributed by atoms with Crippen molar-refractivity contribution in [2.45, 2.75) is 18.9 Å². The van der Waals surface area contributed by atoms with Crippen molar-refractivity contribution in [2.75, 3.05) is 18.5 Å². The summed E-state index contributed by atoms with van der Waals surface area (Å²) in [5.74, 6) is -0.0847. The molecule has 1 N–H and O–H groups in total. The maximum atomic E-state index is 12.9. The Kier molecular flexibility index (Phi) is 4.88. The molecule has 1 heterocycles. The highest BCUT2D eigenvalue weighted by atomic mass is 19.1. The average molecular weight is 315 g/mol. The summed E-state index contributed by atoms with van der Waals surface area (Å²) in [5, 5.41) is 2.79. The van der Waals surface area contributed by atoms with Crippen molar-refractivity contribution in [1.29, 1.82) is 0 Å². The number of carbonyl (C=O) groups excluding carboxylic acids is 1. The molecule has 0 unspecified atom stereocenters. The second kappa shape index (κ2) is 7.24. The minimum absolute atomic E-state index is 0.107. The van der Waals surface area contributed by atoms with Gasteiger partial charge in [-0.05, 0) is 49.2 Å². The van der Waals surface area contributed by atoms with Crippen LogP contribution < -0.4 is 10.1 Å². The van der Waals surface area contributed by atoms with E-state index >= 15 is 0 Å². The molecule has 0 aromatic heterocycles. The molecule has 0 spiro atoms. The van der Waals surface area contributed by atoms with Crippen LogP contribution in [-0.4, -0.2) is 25.2 Å². The van der Waals surface area contributed by atoms with Crippen molar-refractivity contribution < 1.29 is 18.7 Å². The van der Waals surface area contributed by atoms with Crippen LogP contribution in [0.1, 0.15) is 23.2 Å². The van der Waals surface area contributed by atoms with E-state index in [0.717, 1.165) is 19.4 Å². The van der Waals surface area contributed by atoms with E-state index in [4.69, 9.17) is 9.47 Å². The topological polar surface area (TPSA) is 47.6 Å². The number of halogens is 1. The first-order valence-corrected chi connectivity index (χ1v) is 7.63. The number of rotatable bonds is 5. The molecule has 4 nitrogen and oxygen atoms in total. The fourth-order valence-electron chi connectivity index (χ4n) is 2.45. The smallest absolute Gasteiger partial charge is 0.255 e. The molecule has 1 saturated heterocycles. The largest absolute Gasteiger partial charge is 0.489 e. The summed E-state index contributed by atoms with van der Waals surface area (Å²) in [5.41, 5.74) is 0.972. The molecule has 0 radical (unpaired) electrons. The molecule has 1 aliphatic rings. The Morgan fingerprint density at radius 2 is 2.00 bits per heavy atom. The van der Waals surface area contributed by atoms with Gasteiger partial charge in [0.1, 0.15) is 18.2 Å². The van der Waals surface area contributed by atoms with Gasteiger partial charge in [-0.1, -0.05) is 12.1 Å². The Morgan fingerprint density at radius 1 is 1.22 bits per heavy atom. The maximum Gasteiger partial charge on any atom is 0.255 e. The highest BCUT2D eigenvalue weighted by Gasteiger charge is 2.17. The van der Waals surface area contributed by atoms with Crippen LogP contribution in [-0.2, 0) is 4.74 Å². The summed E-state index contributed by atoms with van der Waals surface area (Å²) in [4.78, 5) is 12.2. The molecular formula is C18H18FNO3. The van der Waals surface area contributed by atoms with E-state index in [0.29, 0.717) is 23.6 Å². The lowest BCUT2D eigenvalue weighted by molar-refractivity contribution is 0.0682. The molecule has 3 rings (SSSR count). The number of ether oxygens (including phenoxy) is 2. The predicted octanol–water partition coefficient (Wildman–Crippen LogP) is 3.64. The third kappa shape index (κ3) is 4.07. The highest BCUT2D eigenvalue weighted by Crippen LogP contribution is 2.25. The molecule has 23 heavy (non-hydrogen) atoms. The van der Waals surface area contributed by atoms with Crippen LogP contribution in [0.4, 0.5) is 10.1 Å². The quantitative estimate of drug-likeness (QED) is 0.916. The van der Waals surface area contributed by atoms with E-state index in [1.807, 2.05) is 12.1 Å². The zero-order chi connectivity index (χ0) is 16.1. The Labute approximate surface area is 134 Å². The standard InChI is InChI=1S/C18H18FNO3/c19-14-9-7-13(8-10-14)18(21)20-16-5-1-2-6-17(16)23-12-15-4-3-11-22-15/h1-2,5-10,15H,3-4,11-12H2,(H,20,21)/t15-/m1/s1. The summed E-state index contributed by atoms with van der Waals surface area (Å²) in [6.07, 6.45) is 2.15. The van der Waals surface area contributed by atoms with Gasteiger partial charge in [0.15, 0.2) is 0 Å². The van der Waals surface area contributed by atoms with Gasteiger partial charge in [0.2, 0.25) is 0 Å². The van der Waals surface area contributed by atoms with E-state index in [9.17, 15) is 9.18 Å². The van der Waals surface area contributed by atoms with Gasteiger partial charge in [-0.15, -0.1) is 0 Å². The van der Waals surface area contributed by atoms with E-state index in [1.165, 1.54) is 24.3 Å². The maximum absolute atomic E-state index is 12.9. The van der Waals surface area contributed by atoms with Gasteiger partial charge in [-0.2, -0.15) is 0 Å². The lowest BCUT2D eigenvalue weighted by Gasteiger charge is -2.15. The predicted molar refractivity (Wildman–Crippen MR) is 85.3 cm³/mol. The second-order valence-electron chi connectivity index (χ2n) is 5.40. The molecule has 1 aliphatic heterocycles. The molecule has 0 bridgehead atoms. The molecular weight excluding hydrogens is 297 g/mol. The normalized spacial score (nSPS) is 17.0. The van der Waals surface area contributed by atoms with Crippen LogP contribution in [0.25, 0.3) is 0 Å². The lowest BCUT2D eigenvalue weighted by Crippen LogP contribution is -2.18. The first-order chi connectivity index (χ1) is 11.2. The van der Waals surface area contributed by atoms with E-state index < -0.39 is 0 Å². The van der Waals surface area contributed by atoms with Crippen LogP contribution in [0.15, 0.2) is 48.5 Å². The van der Waals surface area contributed by atoms with Gasteiger partial charge < -0.3 is 14.8 Å². The molecule has 5 heteroatoms. The first kappa shape index (κ1) is 15.5. The molecule has 0 saturated carbocycles. The molecule has 1 atom stereocenters. The fraction of sp³-hybridized carbons (Fsp3) is 0.278. The first-order valence-electron chi connectivity index (χ1n) is 7.63. The summed E-state index contributed by atoms with van der Waals surface area (Å²) < 4.78 is 24.2. The molecule has 1 fully saturated rings. The van der Waals surface area contributed by atoms with Crippen molar-refractivity contribution in [1.82, 2.24) is 0 Å². The number of nitrogens with one attached hydrogen (secondary N) is 1. The van der Waals surface area contributed by atoms with Crippen LogP contribution in [0.2, 0.25) is 0 Å². The van der Waals surface area contributed by atoms with Gasteiger partial charge in [-0.25, -0.2) is 4.39 Å². The van der Waals surface area contributed by atoms with Crippen molar-refractivity contribution >= 4 is 11.6 Å². The number of carbonyl (C=O) groups is 1. The van der Waals surface area contributed by atoms with Gasteiger partial charge in [-0.3, -0.25) is 4.79 Å². The Morgan fingerprint density at radius 3 is 2.74 bits per heavy atom. The molecule has 0 aliphatic carbocycles. The average Bonchev–Trinajstić information content (AvgIpc) is 3.08. The fourth-order valence-corrected chi connectivity index (χ4v) is 2.45. The number of hydrogen-bond donors (Lipinski definition) is 1. The zero-order valence-electron chi connectivity index (χ0n) is 12.6. The Hall–Kier alpha value is -2.40. The van der Waals surface area contributed by atoms with E-state index in [-0.39, 0.29) is 17.8 Å². The molecule has 2 aromatic carbocycles. The van der Waals surface area contributed by atoms with Crippen molar-refractivity contribution in [3.8, 4) is 5.75 Å². The lowest BCUT2D eigenvalue weighted by atomic mass is 10.2. The van der Waals surface area contributed by atoms with Crippen molar-refractivity contribution in [3.63, 3.8) is 0 Å². The highest BCUT2D eigenvalue weighted by molar-refractivity contribution is 6.04. The van der Waals surface area contributed by atoms with Gasteiger partial charge in [0.05, 0.1) is 11.8 Å². The number of anilines is 1. The third-order valence-electron chi connectivity index (χ3n) is 3.69. The SMILES string of the molecule is O=C(Nc1ccccc1OC[C@H]1CCCO1)c1ccc(F)cc1. The Balaban J connectivity index is 1.67. The summed E-state index contributed by atoms with van der Waals surface area (Å²) in [7, 11) is 0. The van der Waals surface area contributed by atoms with Crippen LogP contribution in [0.5, 0.6) is 5.75 Å². The summed E-state index contributed by atoms with van der Waals surface area (Å²) in [6, 6.07) is 12.6. The summed E-state index contributed by atoms with van der Waals surface area (Å²) in [6.45, 7) is 1.24. The third-order valence-corrected chi connectivity index (χ3v) is 3.69. The van der Waals surface area contributed by atoms with Crippen LogP contribution >= 0.6 is 0 Å². The number of para-hydroxylation sites is 2. The van der Waals surface area contributed by atoms with Crippen LogP contribution in [0, 0.1) is 5.82 Å². The molecule has 120 valence electrons. The van der Waals surface area contributed by atoms with Crippen molar-refractivity contribution in [3.05, 3.63) is 59.9 Å². The molecule has 1 amide bonds. The summed E-state index contributed by atoms with van der Waals surface area (Å²) >= 11 is 0.